The maximum absolute atomic E-state index is 5.84. The fraction of sp³-hybridized carbons (Fsp3) is 0.222. The van der Waals surface area contributed by atoms with Gasteiger partial charge < -0.3 is 4.74 Å². The Morgan fingerprint density at radius 1 is 1.46 bits per heavy atom. The van der Waals surface area contributed by atoms with E-state index in [0.29, 0.717) is 6.61 Å². The van der Waals surface area contributed by atoms with Crippen molar-refractivity contribution in [2.24, 2.45) is 4.99 Å². The summed E-state index contributed by atoms with van der Waals surface area (Å²) in [6.45, 7) is 1.45. The van der Waals surface area contributed by atoms with Gasteiger partial charge in [0.15, 0.2) is 0 Å². The summed E-state index contributed by atoms with van der Waals surface area (Å²) in [5.74, 6) is 0.737. The first-order chi connectivity index (χ1) is 6.27. The zero-order valence-electron chi connectivity index (χ0n) is 6.76. The lowest BCUT2D eigenvalue weighted by Crippen LogP contribution is -2.03. The molecule has 1 aliphatic heterocycles. The summed E-state index contributed by atoms with van der Waals surface area (Å²) in [6, 6.07) is 5.69. The van der Waals surface area contributed by atoms with Crippen LogP contribution >= 0.6 is 34.2 Å². The van der Waals surface area contributed by atoms with Gasteiger partial charge in [0, 0.05) is 14.2 Å². The molecule has 1 aromatic rings. The Morgan fingerprint density at radius 2 is 2.31 bits per heavy atom. The highest BCUT2D eigenvalue weighted by Crippen LogP contribution is 2.20. The van der Waals surface area contributed by atoms with E-state index in [2.05, 4.69) is 27.6 Å². The molecule has 0 spiro atoms. The van der Waals surface area contributed by atoms with Crippen LogP contribution in [0.25, 0.3) is 0 Å². The normalized spacial score (nSPS) is 15.4. The molecule has 1 heterocycles. The molecule has 13 heavy (non-hydrogen) atoms. The third kappa shape index (κ3) is 1.96. The first kappa shape index (κ1) is 9.27. The number of ether oxygens (including phenoxy) is 1. The fourth-order valence-corrected chi connectivity index (χ4v) is 2.26. The number of nitrogens with zero attached hydrogens (tertiary/aromatic N) is 1. The van der Waals surface area contributed by atoms with Crippen LogP contribution in [0.15, 0.2) is 23.2 Å². The van der Waals surface area contributed by atoms with Crippen molar-refractivity contribution in [3.63, 3.8) is 0 Å². The monoisotopic (exact) mass is 307 g/mol. The molecule has 1 aliphatic rings. The average Bonchev–Trinajstić information content (AvgIpc) is 2.56. The molecule has 0 aromatic heterocycles. The van der Waals surface area contributed by atoms with E-state index < -0.39 is 0 Å². The molecule has 1 aromatic carbocycles. The van der Waals surface area contributed by atoms with Crippen molar-refractivity contribution in [1.82, 2.24) is 0 Å². The molecule has 2 nitrogen and oxygen atoms in total. The van der Waals surface area contributed by atoms with E-state index >= 15 is 0 Å². The van der Waals surface area contributed by atoms with Gasteiger partial charge in [-0.05, 0) is 40.8 Å². The molecule has 0 saturated heterocycles. The molecule has 2 rings (SSSR count). The molecule has 68 valence electrons. The molecule has 0 fully saturated rings. The van der Waals surface area contributed by atoms with E-state index in [4.69, 9.17) is 16.3 Å². The van der Waals surface area contributed by atoms with Crippen molar-refractivity contribution >= 4 is 40.1 Å². The van der Waals surface area contributed by atoms with Gasteiger partial charge in [-0.2, -0.15) is 0 Å². The molecular weight excluding hydrogens is 300 g/mol. The first-order valence-corrected chi connectivity index (χ1v) is 5.36. The van der Waals surface area contributed by atoms with Crippen LogP contribution in [0, 0.1) is 3.57 Å². The second-order valence-corrected chi connectivity index (χ2v) is 4.26. The second kappa shape index (κ2) is 3.84. The largest absolute Gasteiger partial charge is 0.475 e. The minimum absolute atomic E-state index is 0.689. The van der Waals surface area contributed by atoms with Gasteiger partial charge in [-0.15, -0.1) is 0 Å². The standard InChI is InChI=1S/C9H7ClINO/c10-6-1-2-7(8(11)5-6)9-12-3-4-13-9/h1-2,5H,3-4H2. The number of rotatable bonds is 1. The van der Waals surface area contributed by atoms with Crippen LogP contribution in [-0.2, 0) is 4.74 Å². The minimum Gasteiger partial charge on any atom is -0.475 e. The lowest BCUT2D eigenvalue weighted by atomic mass is 10.2. The molecule has 0 bridgehead atoms. The predicted molar refractivity (Wildman–Crippen MR) is 61.5 cm³/mol. The van der Waals surface area contributed by atoms with Gasteiger partial charge in [0.05, 0.1) is 6.54 Å². The Morgan fingerprint density at radius 3 is 2.92 bits per heavy atom. The lowest BCUT2D eigenvalue weighted by Gasteiger charge is -2.04. The summed E-state index contributed by atoms with van der Waals surface area (Å²) in [7, 11) is 0. The number of halogens is 2. The summed E-state index contributed by atoms with van der Waals surface area (Å²) in [6.07, 6.45) is 0. The topological polar surface area (TPSA) is 21.6 Å². The smallest absolute Gasteiger partial charge is 0.217 e. The van der Waals surface area contributed by atoms with Gasteiger partial charge in [0.25, 0.3) is 0 Å². The number of hydrogen-bond donors (Lipinski definition) is 0. The quantitative estimate of drug-likeness (QED) is 0.731. The van der Waals surface area contributed by atoms with E-state index in [1.807, 2.05) is 18.2 Å². The molecular formula is C9H7ClINO. The van der Waals surface area contributed by atoms with Crippen LogP contribution in [0.1, 0.15) is 5.56 Å². The zero-order valence-corrected chi connectivity index (χ0v) is 9.67. The van der Waals surface area contributed by atoms with Crippen molar-refractivity contribution in [2.75, 3.05) is 13.2 Å². The van der Waals surface area contributed by atoms with E-state index in [0.717, 1.165) is 26.6 Å². The molecule has 0 atom stereocenters. The minimum atomic E-state index is 0.689. The molecule has 0 saturated carbocycles. The Bertz CT molecular complexity index is 365. The van der Waals surface area contributed by atoms with Crippen LogP contribution in [0.5, 0.6) is 0 Å². The summed E-state index contributed by atoms with van der Waals surface area (Å²) < 4.78 is 6.44. The average molecular weight is 308 g/mol. The molecule has 0 unspecified atom stereocenters. The molecule has 4 heteroatoms. The van der Waals surface area contributed by atoms with Crippen molar-refractivity contribution in [3.8, 4) is 0 Å². The highest BCUT2D eigenvalue weighted by Gasteiger charge is 2.13. The lowest BCUT2D eigenvalue weighted by molar-refractivity contribution is 0.348. The number of benzene rings is 1. The van der Waals surface area contributed by atoms with Gasteiger partial charge in [0.1, 0.15) is 6.61 Å². The maximum Gasteiger partial charge on any atom is 0.217 e. The molecule has 0 amide bonds. The number of aliphatic imine (C=N–C) groups is 1. The van der Waals surface area contributed by atoms with Crippen LogP contribution in [0.2, 0.25) is 5.02 Å². The second-order valence-electron chi connectivity index (χ2n) is 2.66. The summed E-state index contributed by atoms with van der Waals surface area (Å²) in [5.41, 5.74) is 1.03. The Labute approximate surface area is 95.1 Å². The maximum atomic E-state index is 5.84. The number of hydrogen-bond acceptors (Lipinski definition) is 2. The third-order valence-corrected chi connectivity index (χ3v) is 2.87. The predicted octanol–water partition coefficient (Wildman–Crippen LogP) is 2.72. The van der Waals surface area contributed by atoms with Gasteiger partial charge >= 0.3 is 0 Å². The Balaban J connectivity index is 2.40. The third-order valence-electron chi connectivity index (χ3n) is 1.75. The van der Waals surface area contributed by atoms with Gasteiger partial charge in [0.2, 0.25) is 5.90 Å². The van der Waals surface area contributed by atoms with Crippen molar-refractivity contribution in [3.05, 3.63) is 32.4 Å². The SMILES string of the molecule is Clc1ccc(C2=NCCO2)c(I)c1. The van der Waals surface area contributed by atoms with Crippen LogP contribution in [0.4, 0.5) is 0 Å². The Hall–Kier alpha value is -0.290. The fourth-order valence-electron chi connectivity index (χ4n) is 1.16. The van der Waals surface area contributed by atoms with E-state index in [-0.39, 0.29) is 0 Å². The van der Waals surface area contributed by atoms with E-state index in [1.54, 1.807) is 0 Å². The summed E-state index contributed by atoms with van der Waals surface area (Å²) in [5, 5.41) is 0.742. The van der Waals surface area contributed by atoms with Gasteiger partial charge in [-0.25, -0.2) is 4.99 Å². The molecule has 0 radical (unpaired) electrons. The first-order valence-electron chi connectivity index (χ1n) is 3.90. The van der Waals surface area contributed by atoms with E-state index in [1.165, 1.54) is 0 Å². The van der Waals surface area contributed by atoms with Crippen molar-refractivity contribution < 1.29 is 4.74 Å². The van der Waals surface area contributed by atoms with Crippen LogP contribution in [0.3, 0.4) is 0 Å². The summed E-state index contributed by atoms with van der Waals surface area (Å²) >= 11 is 8.07. The zero-order chi connectivity index (χ0) is 9.26. The highest BCUT2D eigenvalue weighted by molar-refractivity contribution is 14.1. The Kier molecular flexibility index (Phi) is 2.74. The van der Waals surface area contributed by atoms with E-state index in [9.17, 15) is 0 Å². The van der Waals surface area contributed by atoms with Crippen molar-refractivity contribution in [1.29, 1.82) is 0 Å². The van der Waals surface area contributed by atoms with Gasteiger partial charge in [-0.1, -0.05) is 11.6 Å². The van der Waals surface area contributed by atoms with Gasteiger partial charge in [-0.3, -0.25) is 0 Å². The van der Waals surface area contributed by atoms with Crippen LogP contribution in [-0.4, -0.2) is 19.0 Å². The van der Waals surface area contributed by atoms with Crippen LogP contribution < -0.4 is 0 Å². The van der Waals surface area contributed by atoms with Crippen molar-refractivity contribution in [2.45, 2.75) is 0 Å². The highest BCUT2D eigenvalue weighted by atomic mass is 127. The molecule has 0 aliphatic carbocycles. The molecule has 0 N–H and O–H groups in total. The summed E-state index contributed by atoms with van der Waals surface area (Å²) in [4.78, 5) is 4.24.